The number of aromatic nitrogens is 2. The Morgan fingerprint density at radius 1 is 1.03 bits per heavy atom. The molecule has 0 unspecified atom stereocenters. The fourth-order valence-electron chi connectivity index (χ4n) is 4.97. The van der Waals surface area contributed by atoms with Crippen LogP contribution >= 0.6 is 11.6 Å². The fourth-order valence-corrected chi connectivity index (χ4v) is 5.30. The van der Waals surface area contributed by atoms with Crippen molar-refractivity contribution >= 4 is 11.6 Å². The molecule has 0 saturated heterocycles. The molecule has 8 heteroatoms. The highest BCUT2D eigenvalue weighted by atomic mass is 35.5. The van der Waals surface area contributed by atoms with Crippen LogP contribution in [0, 0.1) is 25.5 Å². The number of aryl methyl sites for hydroxylation is 2. The van der Waals surface area contributed by atoms with Gasteiger partial charge in [0.2, 0.25) is 0 Å². The Morgan fingerprint density at radius 3 is 2.39 bits per heavy atom. The predicted molar refractivity (Wildman–Crippen MR) is 135 cm³/mol. The zero-order valence-corrected chi connectivity index (χ0v) is 20.6. The van der Waals surface area contributed by atoms with E-state index in [1.807, 2.05) is 13.8 Å². The van der Waals surface area contributed by atoms with Gasteiger partial charge < -0.3 is 9.52 Å². The van der Waals surface area contributed by atoms with Gasteiger partial charge in [-0.15, -0.1) is 0 Å². The number of benzene rings is 2. The lowest BCUT2D eigenvalue weighted by molar-refractivity contribution is 0.118. The van der Waals surface area contributed by atoms with Crippen LogP contribution in [0.3, 0.4) is 0 Å². The van der Waals surface area contributed by atoms with Gasteiger partial charge >= 0.3 is 0 Å². The molecule has 1 aliphatic rings. The average molecular weight is 511 g/mol. The van der Waals surface area contributed by atoms with Crippen LogP contribution in [0.1, 0.15) is 48.6 Å². The number of rotatable bonds is 4. The Balaban J connectivity index is 1.68. The average Bonchev–Trinajstić information content (AvgIpc) is 3.25. The zero-order valence-electron chi connectivity index (χ0n) is 19.9. The third-order valence-electron chi connectivity index (χ3n) is 6.75. The van der Waals surface area contributed by atoms with Gasteiger partial charge in [-0.3, -0.25) is 9.36 Å². The van der Waals surface area contributed by atoms with Crippen molar-refractivity contribution < 1.29 is 18.3 Å². The molecule has 1 aliphatic carbocycles. The van der Waals surface area contributed by atoms with Crippen LogP contribution < -0.4 is 5.56 Å². The van der Waals surface area contributed by atoms with E-state index in [1.165, 1.54) is 22.8 Å². The van der Waals surface area contributed by atoms with E-state index in [0.717, 1.165) is 17.2 Å². The molecule has 2 aromatic carbocycles. The van der Waals surface area contributed by atoms with Crippen LogP contribution in [-0.4, -0.2) is 20.8 Å². The highest BCUT2D eigenvalue weighted by molar-refractivity contribution is 6.30. The van der Waals surface area contributed by atoms with E-state index >= 15 is 0 Å². The second-order valence-corrected chi connectivity index (χ2v) is 9.81. The summed E-state index contributed by atoms with van der Waals surface area (Å²) in [6, 6.07) is 9.92. The van der Waals surface area contributed by atoms with Crippen molar-refractivity contribution in [3.8, 4) is 28.3 Å². The summed E-state index contributed by atoms with van der Waals surface area (Å²) in [5.41, 5.74) is 3.10. The first-order chi connectivity index (χ1) is 17.2. The molecule has 186 valence electrons. The maximum atomic E-state index is 14.9. The smallest absolute Gasteiger partial charge is 0.255 e. The number of hydrogen-bond acceptors (Lipinski definition) is 4. The summed E-state index contributed by atoms with van der Waals surface area (Å²) in [5.74, 6) is -0.886. The van der Waals surface area contributed by atoms with E-state index in [4.69, 9.17) is 21.0 Å². The molecule has 2 heterocycles. The first kappa shape index (κ1) is 24.4. The van der Waals surface area contributed by atoms with Gasteiger partial charge in [0.25, 0.3) is 5.56 Å². The lowest BCUT2D eigenvalue weighted by Gasteiger charge is -2.22. The minimum Gasteiger partial charge on any atom is -0.440 e. The van der Waals surface area contributed by atoms with Crippen molar-refractivity contribution in [2.45, 2.75) is 51.6 Å². The van der Waals surface area contributed by atoms with Gasteiger partial charge in [0.05, 0.1) is 17.4 Å². The molecule has 0 atom stereocenters. The van der Waals surface area contributed by atoms with Crippen molar-refractivity contribution in [1.29, 1.82) is 0 Å². The number of oxazole rings is 1. The van der Waals surface area contributed by atoms with E-state index in [0.29, 0.717) is 53.5 Å². The Bertz CT molecular complexity index is 1480. The summed E-state index contributed by atoms with van der Waals surface area (Å²) in [4.78, 5) is 17.6. The van der Waals surface area contributed by atoms with E-state index in [-0.39, 0.29) is 28.9 Å². The van der Waals surface area contributed by atoms with Gasteiger partial charge in [-0.25, -0.2) is 13.8 Å². The standard InChI is InChI=1S/C28H25ClF2N2O3/c1-15-11-19(29)12-16(2)26(15)33-14-18(5-10-24(33)35)25-27(22-9-6-20(30)13-23(22)31)36-28(32-25)17-3-7-21(34)8-4-17/h5-6,9-14,17,21,34H,3-4,7-8H2,1-2H3/t17-,21+. The monoisotopic (exact) mass is 510 g/mol. The van der Waals surface area contributed by atoms with Crippen LogP contribution in [0.15, 0.2) is 57.9 Å². The van der Waals surface area contributed by atoms with E-state index < -0.39 is 11.6 Å². The van der Waals surface area contributed by atoms with Crippen molar-refractivity contribution in [1.82, 2.24) is 9.55 Å². The molecule has 0 amide bonds. The molecular weight excluding hydrogens is 486 g/mol. The SMILES string of the molecule is Cc1cc(Cl)cc(C)c1-n1cc(-c2nc([C@H]3CC[C@@H](O)CC3)oc2-c2ccc(F)cc2F)ccc1=O. The molecular formula is C28H25ClF2N2O3. The molecule has 5 rings (SSSR count). The summed E-state index contributed by atoms with van der Waals surface area (Å²) in [6.45, 7) is 3.75. The van der Waals surface area contributed by atoms with Crippen molar-refractivity contribution in [2.75, 3.05) is 0 Å². The molecule has 0 spiro atoms. The number of halogens is 3. The van der Waals surface area contributed by atoms with Crippen molar-refractivity contribution in [3.05, 3.63) is 92.7 Å². The molecule has 0 aliphatic heterocycles. The first-order valence-corrected chi connectivity index (χ1v) is 12.2. The fraction of sp³-hybridized carbons (Fsp3) is 0.286. The minimum atomic E-state index is -0.768. The lowest BCUT2D eigenvalue weighted by Crippen LogP contribution is -2.18. The molecule has 36 heavy (non-hydrogen) atoms. The summed E-state index contributed by atoms with van der Waals surface area (Å²) < 4.78 is 36.2. The number of aliphatic hydroxyl groups excluding tert-OH is 1. The molecule has 0 radical (unpaired) electrons. The van der Waals surface area contributed by atoms with Gasteiger partial charge in [0.15, 0.2) is 11.7 Å². The Hall–Kier alpha value is -3.29. The summed E-state index contributed by atoms with van der Waals surface area (Å²) in [5, 5.41) is 10.5. The van der Waals surface area contributed by atoms with Crippen molar-refractivity contribution in [3.63, 3.8) is 0 Å². The highest BCUT2D eigenvalue weighted by Crippen LogP contribution is 2.40. The minimum absolute atomic E-state index is 0.0314. The number of hydrogen-bond donors (Lipinski definition) is 1. The number of nitrogens with zero attached hydrogens (tertiary/aromatic N) is 2. The maximum Gasteiger partial charge on any atom is 0.255 e. The highest BCUT2D eigenvalue weighted by Gasteiger charge is 2.28. The second kappa shape index (κ2) is 9.64. The molecule has 1 saturated carbocycles. The van der Waals surface area contributed by atoms with E-state index in [1.54, 1.807) is 24.4 Å². The Kier molecular flexibility index (Phi) is 6.53. The Labute approximate surface area is 212 Å². The Morgan fingerprint density at radius 2 is 1.72 bits per heavy atom. The maximum absolute atomic E-state index is 14.9. The predicted octanol–water partition coefficient (Wildman–Crippen LogP) is 6.73. The quantitative estimate of drug-likeness (QED) is 0.330. The number of aliphatic hydroxyl groups is 1. The van der Waals surface area contributed by atoms with Crippen LogP contribution in [0.5, 0.6) is 0 Å². The molecule has 1 N–H and O–H groups in total. The third-order valence-corrected chi connectivity index (χ3v) is 6.96. The van der Waals surface area contributed by atoms with Crippen LogP contribution in [0.4, 0.5) is 8.78 Å². The van der Waals surface area contributed by atoms with E-state index in [2.05, 4.69) is 0 Å². The third kappa shape index (κ3) is 4.61. The number of pyridine rings is 1. The largest absolute Gasteiger partial charge is 0.440 e. The zero-order chi connectivity index (χ0) is 25.6. The van der Waals surface area contributed by atoms with Crippen LogP contribution in [0.25, 0.3) is 28.3 Å². The van der Waals surface area contributed by atoms with Gasteiger partial charge in [0.1, 0.15) is 17.3 Å². The van der Waals surface area contributed by atoms with Crippen molar-refractivity contribution in [2.24, 2.45) is 0 Å². The summed E-state index contributed by atoms with van der Waals surface area (Å²) in [7, 11) is 0. The topological polar surface area (TPSA) is 68.3 Å². The summed E-state index contributed by atoms with van der Waals surface area (Å²) >= 11 is 6.19. The molecule has 2 aromatic heterocycles. The molecule has 5 nitrogen and oxygen atoms in total. The van der Waals surface area contributed by atoms with Gasteiger partial charge in [-0.05, 0) is 81.0 Å². The van der Waals surface area contributed by atoms with Gasteiger partial charge in [-0.1, -0.05) is 11.6 Å². The molecule has 0 bridgehead atoms. The van der Waals surface area contributed by atoms with Gasteiger partial charge in [-0.2, -0.15) is 0 Å². The lowest BCUT2D eigenvalue weighted by atomic mass is 9.87. The second-order valence-electron chi connectivity index (χ2n) is 9.37. The van der Waals surface area contributed by atoms with Gasteiger partial charge in [0, 0.05) is 34.8 Å². The summed E-state index contributed by atoms with van der Waals surface area (Å²) in [6.07, 6.45) is 3.94. The normalized spacial score (nSPS) is 17.9. The van der Waals surface area contributed by atoms with E-state index in [9.17, 15) is 18.7 Å². The molecule has 1 fully saturated rings. The first-order valence-electron chi connectivity index (χ1n) is 11.9. The van der Waals surface area contributed by atoms with Crippen LogP contribution in [0.2, 0.25) is 5.02 Å². The molecule has 4 aromatic rings. The van der Waals surface area contributed by atoms with Crippen LogP contribution in [-0.2, 0) is 0 Å².